The summed E-state index contributed by atoms with van der Waals surface area (Å²) < 4.78 is 1.95. The number of nitrogens with zero attached hydrogens (tertiary/aromatic N) is 4. The second-order valence-corrected chi connectivity index (χ2v) is 5.95. The molecule has 1 aliphatic heterocycles. The van der Waals surface area contributed by atoms with Gasteiger partial charge in [-0.3, -0.25) is 14.5 Å². The zero-order valence-electron chi connectivity index (χ0n) is 13.9. The summed E-state index contributed by atoms with van der Waals surface area (Å²) in [6, 6.07) is 3.56. The van der Waals surface area contributed by atoms with E-state index in [2.05, 4.69) is 28.7 Å². The fourth-order valence-corrected chi connectivity index (χ4v) is 2.91. The van der Waals surface area contributed by atoms with Gasteiger partial charge in [-0.25, -0.2) is 10.3 Å². The average Bonchev–Trinajstić information content (AvgIpc) is 3.12. The number of carbonyl (C=O) groups excluding carboxylic acids is 1. The number of likely N-dealkylation sites (tertiary alicyclic amines) is 1. The van der Waals surface area contributed by atoms with Crippen LogP contribution < -0.4 is 5.48 Å². The Bertz CT molecular complexity index is 650. The summed E-state index contributed by atoms with van der Waals surface area (Å²) in [4.78, 5) is 23.2. The molecule has 2 aromatic rings. The van der Waals surface area contributed by atoms with Crippen LogP contribution in [0.5, 0.6) is 0 Å². The molecule has 0 aliphatic carbocycles. The molecule has 1 N–H and O–H groups in total. The molecule has 7 heteroatoms. The molecule has 2 amide bonds. The van der Waals surface area contributed by atoms with Crippen molar-refractivity contribution in [2.45, 2.75) is 38.8 Å². The molecule has 1 aliphatic rings. The number of rotatable bonds is 5. The number of amides is 2. The standard InChI is InChI=1S/C17H23N5O2/c1-2-22-12-16(11-19-22)15-5-8-21(9-6-15)17(23)20-24-13-14-4-3-7-18-10-14/h3-4,7,10-12,15H,2,5-6,8-9,13H2,1H3,(H,20,23). The molecule has 2 aromatic heterocycles. The van der Waals surface area contributed by atoms with Crippen LogP contribution in [0.25, 0.3) is 0 Å². The van der Waals surface area contributed by atoms with E-state index in [1.807, 2.05) is 23.0 Å². The van der Waals surface area contributed by atoms with Gasteiger partial charge in [0.2, 0.25) is 0 Å². The van der Waals surface area contributed by atoms with E-state index >= 15 is 0 Å². The Morgan fingerprint density at radius 2 is 2.21 bits per heavy atom. The molecule has 0 radical (unpaired) electrons. The maximum absolute atomic E-state index is 12.1. The van der Waals surface area contributed by atoms with E-state index < -0.39 is 0 Å². The van der Waals surface area contributed by atoms with Crippen LogP contribution in [0.15, 0.2) is 36.9 Å². The molecule has 0 spiro atoms. The quantitative estimate of drug-likeness (QED) is 0.855. The van der Waals surface area contributed by atoms with Gasteiger partial charge >= 0.3 is 6.03 Å². The Kier molecular flexibility index (Phi) is 5.43. The summed E-state index contributed by atoms with van der Waals surface area (Å²) in [5.41, 5.74) is 4.70. The Balaban J connectivity index is 1.41. The summed E-state index contributed by atoms with van der Waals surface area (Å²) in [6.07, 6.45) is 9.37. The number of hydrogen-bond acceptors (Lipinski definition) is 4. The number of hydroxylamine groups is 1. The molecule has 1 fully saturated rings. The predicted octanol–water partition coefficient (Wildman–Crippen LogP) is 2.32. The topological polar surface area (TPSA) is 72.3 Å². The summed E-state index contributed by atoms with van der Waals surface area (Å²) >= 11 is 0. The summed E-state index contributed by atoms with van der Waals surface area (Å²) in [5.74, 6) is 0.477. The predicted molar refractivity (Wildman–Crippen MR) is 89.0 cm³/mol. The SMILES string of the molecule is CCn1cc(C2CCN(C(=O)NOCc3cccnc3)CC2)cn1. The third kappa shape index (κ3) is 4.11. The molecule has 0 unspecified atom stereocenters. The monoisotopic (exact) mass is 329 g/mol. The highest BCUT2D eigenvalue weighted by atomic mass is 16.7. The van der Waals surface area contributed by atoms with E-state index in [1.54, 1.807) is 17.3 Å². The van der Waals surface area contributed by atoms with Crippen LogP contribution in [0.3, 0.4) is 0 Å². The van der Waals surface area contributed by atoms with Crippen molar-refractivity contribution in [1.82, 2.24) is 25.1 Å². The van der Waals surface area contributed by atoms with Crippen LogP contribution in [0.2, 0.25) is 0 Å². The van der Waals surface area contributed by atoms with Gasteiger partial charge in [0, 0.05) is 38.2 Å². The molecule has 0 saturated carbocycles. The number of piperidine rings is 1. The lowest BCUT2D eigenvalue weighted by molar-refractivity contribution is 0.0339. The van der Waals surface area contributed by atoms with Gasteiger partial charge < -0.3 is 4.90 Å². The van der Waals surface area contributed by atoms with Crippen LogP contribution in [0.1, 0.15) is 36.8 Å². The van der Waals surface area contributed by atoms with E-state index in [0.29, 0.717) is 12.5 Å². The van der Waals surface area contributed by atoms with Crippen LogP contribution in [-0.2, 0) is 18.0 Å². The van der Waals surface area contributed by atoms with Gasteiger partial charge in [-0.2, -0.15) is 5.10 Å². The minimum atomic E-state index is -0.179. The van der Waals surface area contributed by atoms with Gasteiger partial charge in [0.15, 0.2) is 0 Å². The summed E-state index contributed by atoms with van der Waals surface area (Å²) in [5, 5.41) is 4.33. The Morgan fingerprint density at radius 3 is 2.88 bits per heavy atom. The molecule has 0 atom stereocenters. The Hall–Kier alpha value is -2.41. The van der Waals surface area contributed by atoms with Crippen molar-refractivity contribution in [3.63, 3.8) is 0 Å². The molecule has 128 valence electrons. The molecule has 0 aromatic carbocycles. The van der Waals surface area contributed by atoms with Crippen molar-refractivity contribution in [2.75, 3.05) is 13.1 Å². The normalized spacial score (nSPS) is 15.5. The largest absolute Gasteiger partial charge is 0.341 e. The van der Waals surface area contributed by atoms with Gasteiger partial charge in [-0.05, 0) is 42.9 Å². The van der Waals surface area contributed by atoms with Crippen molar-refractivity contribution in [3.8, 4) is 0 Å². The van der Waals surface area contributed by atoms with E-state index in [-0.39, 0.29) is 6.03 Å². The number of nitrogens with one attached hydrogen (secondary N) is 1. The average molecular weight is 329 g/mol. The lowest BCUT2D eigenvalue weighted by atomic mass is 9.92. The van der Waals surface area contributed by atoms with Crippen LogP contribution in [0.4, 0.5) is 4.79 Å². The zero-order valence-corrected chi connectivity index (χ0v) is 13.9. The van der Waals surface area contributed by atoms with Crippen molar-refractivity contribution in [3.05, 3.63) is 48.0 Å². The lowest BCUT2D eigenvalue weighted by Crippen LogP contribution is -2.44. The lowest BCUT2D eigenvalue weighted by Gasteiger charge is -2.31. The third-order valence-corrected chi connectivity index (χ3v) is 4.35. The fraction of sp³-hybridized carbons (Fsp3) is 0.471. The molecular weight excluding hydrogens is 306 g/mol. The first-order valence-electron chi connectivity index (χ1n) is 8.34. The molecule has 3 rings (SSSR count). The number of carbonyl (C=O) groups is 1. The highest BCUT2D eigenvalue weighted by Crippen LogP contribution is 2.27. The van der Waals surface area contributed by atoms with E-state index in [4.69, 9.17) is 4.84 Å². The zero-order chi connectivity index (χ0) is 16.8. The van der Waals surface area contributed by atoms with Crippen LogP contribution in [0, 0.1) is 0 Å². The third-order valence-electron chi connectivity index (χ3n) is 4.35. The number of hydrogen-bond donors (Lipinski definition) is 1. The Morgan fingerprint density at radius 1 is 1.38 bits per heavy atom. The summed E-state index contributed by atoms with van der Waals surface area (Å²) in [7, 11) is 0. The van der Waals surface area contributed by atoms with Gasteiger partial charge in [-0.1, -0.05) is 6.07 Å². The van der Waals surface area contributed by atoms with E-state index in [0.717, 1.165) is 38.0 Å². The summed E-state index contributed by atoms with van der Waals surface area (Å²) in [6.45, 7) is 4.73. The van der Waals surface area contributed by atoms with Gasteiger partial charge in [0.1, 0.15) is 6.61 Å². The Labute approximate surface area is 141 Å². The molecular formula is C17H23N5O2. The second kappa shape index (κ2) is 7.92. The van der Waals surface area contributed by atoms with Crippen molar-refractivity contribution < 1.29 is 9.63 Å². The van der Waals surface area contributed by atoms with E-state index in [1.165, 1.54) is 5.56 Å². The van der Waals surface area contributed by atoms with E-state index in [9.17, 15) is 4.79 Å². The van der Waals surface area contributed by atoms with Crippen molar-refractivity contribution in [1.29, 1.82) is 0 Å². The number of pyridine rings is 1. The smallest absolute Gasteiger partial charge is 0.323 e. The highest BCUT2D eigenvalue weighted by Gasteiger charge is 2.24. The van der Waals surface area contributed by atoms with Gasteiger partial charge in [-0.15, -0.1) is 0 Å². The molecule has 3 heterocycles. The minimum absolute atomic E-state index is 0.179. The van der Waals surface area contributed by atoms with Gasteiger partial charge in [0.25, 0.3) is 0 Å². The first-order chi connectivity index (χ1) is 11.8. The first kappa shape index (κ1) is 16.4. The van der Waals surface area contributed by atoms with Crippen molar-refractivity contribution >= 4 is 6.03 Å². The molecule has 0 bridgehead atoms. The maximum atomic E-state index is 12.1. The van der Waals surface area contributed by atoms with Crippen LogP contribution >= 0.6 is 0 Å². The number of urea groups is 1. The first-order valence-corrected chi connectivity index (χ1v) is 8.34. The molecule has 24 heavy (non-hydrogen) atoms. The number of aromatic nitrogens is 3. The second-order valence-electron chi connectivity index (χ2n) is 5.95. The minimum Gasteiger partial charge on any atom is -0.323 e. The van der Waals surface area contributed by atoms with Crippen LogP contribution in [-0.4, -0.2) is 38.8 Å². The fourth-order valence-electron chi connectivity index (χ4n) is 2.91. The van der Waals surface area contributed by atoms with Crippen molar-refractivity contribution in [2.24, 2.45) is 0 Å². The highest BCUT2D eigenvalue weighted by molar-refractivity contribution is 5.73. The van der Waals surface area contributed by atoms with Gasteiger partial charge in [0.05, 0.1) is 6.20 Å². The molecule has 1 saturated heterocycles. The number of aryl methyl sites for hydroxylation is 1. The maximum Gasteiger partial charge on any atom is 0.341 e. The molecule has 7 nitrogen and oxygen atoms in total.